The van der Waals surface area contributed by atoms with Crippen LogP contribution >= 0.6 is 0 Å². The van der Waals surface area contributed by atoms with Crippen molar-refractivity contribution in [2.45, 2.75) is 38.8 Å². The van der Waals surface area contributed by atoms with Crippen molar-refractivity contribution in [3.05, 3.63) is 0 Å². The number of piperazine rings is 1. The zero-order valence-electron chi connectivity index (χ0n) is 11.1. The van der Waals surface area contributed by atoms with Crippen LogP contribution in [0.2, 0.25) is 0 Å². The second kappa shape index (κ2) is 7.33. The average molecular weight is 257 g/mol. The number of carbonyl (C=O) groups excluding carboxylic acids is 1. The summed E-state index contributed by atoms with van der Waals surface area (Å²) in [5.74, 6) is -0.930. The number of carbonyl (C=O) groups is 2. The number of rotatable bonds is 6. The Balaban J connectivity index is 2.79. The number of amides is 1. The van der Waals surface area contributed by atoms with Crippen molar-refractivity contribution in [2.24, 2.45) is 0 Å². The summed E-state index contributed by atoms with van der Waals surface area (Å²) < 4.78 is 0. The molecule has 1 rings (SSSR count). The highest BCUT2D eigenvalue weighted by molar-refractivity contribution is 5.83. The van der Waals surface area contributed by atoms with Crippen molar-refractivity contribution >= 4 is 11.9 Å². The van der Waals surface area contributed by atoms with E-state index < -0.39 is 12.0 Å². The second-order valence-electron chi connectivity index (χ2n) is 4.50. The van der Waals surface area contributed by atoms with Crippen molar-refractivity contribution in [1.29, 1.82) is 0 Å². The molecule has 0 aromatic rings. The topological polar surface area (TPSA) is 81.7 Å². The predicted molar refractivity (Wildman–Crippen MR) is 68.4 cm³/mol. The number of aliphatic carboxylic acids is 1. The van der Waals surface area contributed by atoms with Crippen LogP contribution in [0.5, 0.6) is 0 Å². The van der Waals surface area contributed by atoms with Gasteiger partial charge in [0.1, 0.15) is 12.1 Å². The summed E-state index contributed by atoms with van der Waals surface area (Å²) in [6.45, 7) is 6.22. The third-order valence-electron chi connectivity index (χ3n) is 3.19. The molecule has 104 valence electrons. The molecule has 3 N–H and O–H groups in total. The molecule has 1 saturated heterocycles. The van der Waals surface area contributed by atoms with E-state index in [-0.39, 0.29) is 11.9 Å². The van der Waals surface area contributed by atoms with Crippen molar-refractivity contribution in [2.75, 3.05) is 26.2 Å². The average Bonchev–Trinajstić information content (AvgIpc) is 2.36. The summed E-state index contributed by atoms with van der Waals surface area (Å²) in [5.41, 5.74) is 0. The summed E-state index contributed by atoms with van der Waals surface area (Å²) in [6, 6.07) is -0.948. The van der Waals surface area contributed by atoms with E-state index in [9.17, 15) is 14.7 Å². The van der Waals surface area contributed by atoms with Gasteiger partial charge in [-0.15, -0.1) is 0 Å². The fourth-order valence-corrected chi connectivity index (χ4v) is 2.33. The first-order valence-corrected chi connectivity index (χ1v) is 6.58. The van der Waals surface area contributed by atoms with Gasteiger partial charge in [-0.1, -0.05) is 13.3 Å². The normalized spacial score (nSPS) is 22.4. The lowest BCUT2D eigenvalue weighted by molar-refractivity contribution is -0.146. The molecule has 0 aliphatic carbocycles. The van der Waals surface area contributed by atoms with Crippen molar-refractivity contribution in [3.63, 3.8) is 0 Å². The first-order valence-electron chi connectivity index (χ1n) is 6.58. The van der Waals surface area contributed by atoms with Crippen LogP contribution in [0.25, 0.3) is 0 Å². The Kier molecular flexibility index (Phi) is 6.07. The SMILES string of the molecule is CCCC(C(=O)O)N1CCNCC1C(=O)NCC. The highest BCUT2D eigenvalue weighted by atomic mass is 16.4. The van der Waals surface area contributed by atoms with E-state index in [4.69, 9.17) is 0 Å². The van der Waals surface area contributed by atoms with Crippen molar-refractivity contribution < 1.29 is 14.7 Å². The van der Waals surface area contributed by atoms with Gasteiger partial charge in [0.15, 0.2) is 0 Å². The van der Waals surface area contributed by atoms with Gasteiger partial charge in [0, 0.05) is 26.2 Å². The molecule has 1 heterocycles. The van der Waals surface area contributed by atoms with Crippen LogP contribution in [0.15, 0.2) is 0 Å². The maximum absolute atomic E-state index is 12.0. The molecule has 0 aromatic heterocycles. The van der Waals surface area contributed by atoms with Crippen molar-refractivity contribution in [3.8, 4) is 0 Å². The summed E-state index contributed by atoms with van der Waals surface area (Å²) in [5, 5.41) is 15.2. The van der Waals surface area contributed by atoms with Crippen LogP contribution in [-0.4, -0.2) is 60.1 Å². The number of hydrogen-bond donors (Lipinski definition) is 3. The Morgan fingerprint density at radius 2 is 2.22 bits per heavy atom. The third kappa shape index (κ3) is 3.68. The van der Waals surface area contributed by atoms with Gasteiger partial charge >= 0.3 is 5.97 Å². The van der Waals surface area contributed by atoms with Gasteiger partial charge < -0.3 is 15.7 Å². The molecule has 1 aliphatic heterocycles. The summed E-state index contributed by atoms with van der Waals surface area (Å²) in [6.07, 6.45) is 1.37. The highest BCUT2D eigenvalue weighted by Crippen LogP contribution is 2.14. The summed E-state index contributed by atoms with van der Waals surface area (Å²) in [7, 11) is 0. The second-order valence-corrected chi connectivity index (χ2v) is 4.50. The monoisotopic (exact) mass is 257 g/mol. The van der Waals surface area contributed by atoms with Crippen LogP contribution in [0, 0.1) is 0 Å². The van der Waals surface area contributed by atoms with E-state index in [2.05, 4.69) is 10.6 Å². The molecule has 18 heavy (non-hydrogen) atoms. The lowest BCUT2D eigenvalue weighted by Gasteiger charge is -2.38. The largest absolute Gasteiger partial charge is 0.480 e. The quantitative estimate of drug-likeness (QED) is 0.606. The lowest BCUT2D eigenvalue weighted by Crippen LogP contribution is -2.62. The predicted octanol–water partition coefficient (Wildman–Crippen LogP) is -0.350. The van der Waals surface area contributed by atoms with Gasteiger partial charge in [0.2, 0.25) is 5.91 Å². The number of nitrogens with zero attached hydrogens (tertiary/aromatic N) is 1. The Hall–Kier alpha value is -1.14. The van der Waals surface area contributed by atoms with Gasteiger partial charge in [0.05, 0.1) is 0 Å². The highest BCUT2D eigenvalue weighted by Gasteiger charge is 2.36. The molecule has 2 atom stereocenters. The number of likely N-dealkylation sites (N-methyl/N-ethyl adjacent to an activating group) is 1. The maximum Gasteiger partial charge on any atom is 0.320 e. The van der Waals surface area contributed by atoms with E-state index >= 15 is 0 Å². The van der Waals surface area contributed by atoms with E-state index in [0.717, 1.165) is 13.0 Å². The molecule has 0 bridgehead atoms. The minimum absolute atomic E-state index is 0.0907. The van der Waals surface area contributed by atoms with E-state index in [1.165, 1.54) is 0 Å². The molecule has 0 aromatic carbocycles. The summed E-state index contributed by atoms with van der Waals surface area (Å²) in [4.78, 5) is 25.1. The van der Waals surface area contributed by atoms with E-state index in [1.54, 1.807) is 0 Å². The fraction of sp³-hybridized carbons (Fsp3) is 0.833. The number of nitrogens with one attached hydrogen (secondary N) is 2. The first-order chi connectivity index (χ1) is 8.61. The van der Waals surface area contributed by atoms with Crippen LogP contribution in [0.3, 0.4) is 0 Å². The minimum atomic E-state index is -0.840. The maximum atomic E-state index is 12.0. The number of carboxylic acid groups (broad SMARTS) is 1. The van der Waals surface area contributed by atoms with E-state index in [0.29, 0.717) is 26.1 Å². The zero-order valence-corrected chi connectivity index (χ0v) is 11.1. The van der Waals surface area contributed by atoms with Gasteiger partial charge in [-0.3, -0.25) is 14.5 Å². The van der Waals surface area contributed by atoms with E-state index in [1.807, 2.05) is 18.7 Å². The molecule has 6 nitrogen and oxygen atoms in total. The lowest BCUT2D eigenvalue weighted by atomic mass is 10.0. The van der Waals surface area contributed by atoms with Gasteiger partial charge in [-0.25, -0.2) is 0 Å². The Bertz CT molecular complexity index is 296. The fourth-order valence-electron chi connectivity index (χ4n) is 2.33. The number of hydrogen-bond acceptors (Lipinski definition) is 4. The first kappa shape index (κ1) is 14.9. The standard InChI is InChI=1S/C12H23N3O3/c1-3-5-9(12(17)18)15-7-6-13-8-10(15)11(16)14-4-2/h9-10,13H,3-8H2,1-2H3,(H,14,16)(H,17,18). The smallest absolute Gasteiger partial charge is 0.320 e. The molecule has 0 spiro atoms. The number of carboxylic acids is 1. The minimum Gasteiger partial charge on any atom is -0.480 e. The molecule has 6 heteroatoms. The third-order valence-corrected chi connectivity index (χ3v) is 3.19. The molecule has 0 radical (unpaired) electrons. The van der Waals surface area contributed by atoms with Gasteiger partial charge in [0.25, 0.3) is 0 Å². The zero-order chi connectivity index (χ0) is 13.5. The molecular weight excluding hydrogens is 234 g/mol. The summed E-state index contributed by atoms with van der Waals surface area (Å²) >= 11 is 0. The Morgan fingerprint density at radius 1 is 1.50 bits per heavy atom. The Labute approximate surface area is 108 Å². The molecule has 2 unspecified atom stereocenters. The molecule has 1 amide bonds. The van der Waals surface area contributed by atoms with Gasteiger partial charge in [-0.05, 0) is 13.3 Å². The van der Waals surface area contributed by atoms with Crippen LogP contribution in [-0.2, 0) is 9.59 Å². The molecular formula is C12H23N3O3. The molecule has 1 aliphatic rings. The van der Waals surface area contributed by atoms with Crippen molar-refractivity contribution in [1.82, 2.24) is 15.5 Å². The van der Waals surface area contributed by atoms with Gasteiger partial charge in [-0.2, -0.15) is 0 Å². The van der Waals surface area contributed by atoms with Crippen LogP contribution in [0.1, 0.15) is 26.7 Å². The molecule has 1 fully saturated rings. The van der Waals surface area contributed by atoms with Crippen LogP contribution in [0.4, 0.5) is 0 Å². The Morgan fingerprint density at radius 3 is 2.78 bits per heavy atom. The van der Waals surface area contributed by atoms with Crippen LogP contribution < -0.4 is 10.6 Å². The molecule has 0 saturated carbocycles.